The number of piperidine rings is 1. The molecule has 26 heavy (non-hydrogen) atoms. The van der Waals surface area contributed by atoms with Crippen LogP contribution in [0.25, 0.3) is 10.9 Å². The van der Waals surface area contributed by atoms with E-state index in [0.717, 1.165) is 37.7 Å². The maximum atomic E-state index is 11.1. The van der Waals surface area contributed by atoms with Crippen LogP contribution in [-0.2, 0) is 17.8 Å². The molecule has 0 radical (unpaired) electrons. The molecule has 4 rings (SSSR count). The van der Waals surface area contributed by atoms with Crippen LogP contribution in [0, 0.1) is 5.92 Å². The molecule has 1 fully saturated rings. The number of carbonyl (C=O) groups is 1. The predicted octanol–water partition coefficient (Wildman–Crippen LogP) is 4.04. The molecule has 0 aliphatic carbocycles. The lowest BCUT2D eigenvalue weighted by Gasteiger charge is -2.31. The summed E-state index contributed by atoms with van der Waals surface area (Å²) >= 11 is 1.50. The largest absolute Gasteiger partial charge is 0.361 e. The molecule has 1 aromatic carbocycles. The van der Waals surface area contributed by atoms with E-state index in [4.69, 9.17) is 0 Å². The maximum absolute atomic E-state index is 11.1. The molecular weight excluding hydrogens is 344 g/mol. The SMILES string of the molecule is CC(=O)Nc1nc(CN2CCC(Cc3c[nH]c4ccccc34)CC2)cs1. The number of aromatic nitrogens is 2. The van der Waals surface area contributed by atoms with Gasteiger partial charge in [-0.15, -0.1) is 11.3 Å². The molecule has 1 saturated heterocycles. The van der Waals surface area contributed by atoms with Crippen molar-refractivity contribution in [2.24, 2.45) is 5.92 Å². The summed E-state index contributed by atoms with van der Waals surface area (Å²) in [5.41, 5.74) is 3.73. The van der Waals surface area contributed by atoms with Crippen LogP contribution < -0.4 is 5.32 Å². The third kappa shape index (κ3) is 3.97. The number of nitrogens with zero attached hydrogens (tertiary/aromatic N) is 2. The van der Waals surface area contributed by atoms with Crippen LogP contribution in [0.1, 0.15) is 31.0 Å². The Hall–Kier alpha value is -2.18. The molecule has 0 bridgehead atoms. The fourth-order valence-corrected chi connectivity index (χ4v) is 4.52. The van der Waals surface area contributed by atoms with Gasteiger partial charge in [0.1, 0.15) is 0 Å². The lowest BCUT2D eigenvalue weighted by atomic mass is 9.90. The number of rotatable bonds is 5. The average Bonchev–Trinajstić information content (AvgIpc) is 3.23. The van der Waals surface area contributed by atoms with Gasteiger partial charge in [0, 0.05) is 35.9 Å². The van der Waals surface area contributed by atoms with Crippen LogP contribution in [0.5, 0.6) is 0 Å². The fraction of sp³-hybridized carbons (Fsp3) is 0.400. The van der Waals surface area contributed by atoms with E-state index in [1.807, 2.05) is 5.38 Å². The topological polar surface area (TPSA) is 61.0 Å². The van der Waals surface area contributed by atoms with Gasteiger partial charge in [-0.1, -0.05) is 18.2 Å². The molecule has 1 aliphatic rings. The number of H-pyrrole nitrogens is 1. The van der Waals surface area contributed by atoms with Crippen molar-refractivity contribution in [3.8, 4) is 0 Å². The van der Waals surface area contributed by atoms with E-state index in [9.17, 15) is 4.79 Å². The van der Waals surface area contributed by atoms with E-state index in [-0.39, 0.29) is 5.91 Å². The van der Waals surface area contributed by atoms with Crippen molar-refractivity contribution in [1.82, 2.24) is 14.9 Å². The van der Waals surface area contributed by atoms with Gasteiger partial charge in [-0.2, -0.15) is 0 Å². The lowest BCUT2D eigenvalue weighted by Crippen LogP contribution is -2.33. The monoisotopic (exact) mass is 368 g/mol. The molecule has 2 N–H and O–H groups in total. The number of amides is 1. The molecule has 136 valence electrons. The van der Waals surface area contributed by atoms with Gasteiger partial charge in [0.25, 0.3) is 0 Å². The highest BCUT2D eigenvalue weighted by atomic mass is 32.1. The Morgan fingerprint density at radius 3 is 2.96 bits per heavy atom. The van der Waals surface area contributed by atoms with Gasteiger partial charge in [0.05, 0.1) is 5.69 Å². The number of benzene rings is 1. The van der Waals surface area contributed by atoms with Gasteiger partial charge in [-0.25, -0.2) is 4.98 Å². The van der Waals surface area contributed by atoms with E-state index in [2.05, 4.69) is 50.6 Å². The molecule has 0 atom stereocenters. The second-order valence-corrected chi connectivity index (χ2v) is 7.97. The molecule has 1 aliphatic heterocycles. The van der Waals surface area contributed by atoms with E-state index in [1.165, 1.54) is 47.6 Å². The Bertz CT molecular complexity index is 892. The van der Waals surface area contributed by atoms with Gasteiger partial charge in [0.15, 0.2) is 5.13 Å². The maximum Gasteiger partial charge on any atom is 0.223 e. The summed E-state index contributed by atoms with van der Waals surface area (Å²) in [7, 11) is 0. The van der Waals surface area contributed by atoms with Gasteiger partial charge >= 0.3 is 0 Å². The Morgan fingerprint density at radius 1 is 1.35 bits per heavy atom. The van der Waals surface area contributed by atoms with E-state index in [1.54, 1.807) is 0 Å². The first-order chi connectivity index (χ1) is 12.7. The molecule has 0 unspecified atom stereocenters. The van der Waals surface area contributed by atoms with Crippen LogP contribution >= 0.6 is 11.3 Å². The van der Waals surface area contributed by atoms with Crippen LogP contribution in [0.3, 0.4) is 0 Å². The third-order valence-corrected chi connectivity index (χ3v) is 5.92. The third-order valence-electron chi connectivity index (χ3n) is 5.11. The van der Waals surface area contributed by atoms with Crippen LogP contribution in [0.4, 0.5) is 5.13 Å². The zero-order valence-electron chi connectivity index (χ0n) is 15.0. The minimum absolute atomic E-state index is 0.0657. The van der Waals surface area contributed by atoms with Crippen molar-refractivity contribution in [2.75, 3.05) is 18.4 Å². The number of hydrogen-bond donors (Lipinski definition) is 2. The number of nitrogens with one attached hydrogen (secondary N) is 2. The molecule has 5 nitrogen and oxygen atoms in total. The molecule has 3 aromatic rings. The van der Waals surface area contributed by atoms with Crippen molar-refractivity contribution < 1.29 is 4.79 Å². The number of hydrogen-bond acceptors (Lipinski definition) is 4. The normalized spacial score (nSPS) is 16.2. The number of thiazole rings is 1. The smallest absolute Gasteiger partial charge is 0.223 e. The summed E-state index contributed by atoms with van der Waals surface area (Å²) < 4.78 is 0. The molecular formula is C20H24N4OS. The number of fused-ring (bicyclic) bond motifs is 1. The summed E-state index contributed by atoms with van der Waals surface area (Å²) in [4.78, 5) is 21.5. The van der Waals surface area contributed by atoms with Gasteiger partial charge in [-0.05, 0) is 49.9 Å². The Labute approximate surface area is 157 Å². The number of para-hydroxylation sites is 1. The minimum Gasteiger partial charge on any atom is -0.361 e. The molecule has 0 spiro atoms. The highest BCUT2D eigenvalue weighted by molar-refractivity contribution is 7.13. The molecule has 1 amide bonds. The van der Waals surface area contributed by atoms with Gasteiger partial charge < -0.3 is 10.3 Å². The van der Waals surface area contributed by atoms with Crippen LogP contribution in [0.2, 0.25) is 0 Å². The molecule has 0 saturated carbocycles. The summed E-state index contributed by atoms with van der Waals surface area (Å²) in [6.45, 7) is 4.61. The Kier molecular flexibility index (Phi) is 5.04. The fourth-order valence-electron chi connectivity index (χ4n) is 3.78. The van der Waals surface area contributed by atoms with Crippen molar-refractivity contribution in [3.63, 3.8) is 0 Å². The molecule has 2 aromatic heterocycles. The van der Waals surface area contributed by atoms with E-state index in [0.29, 0.717) is 5.13 Å². The zero-order valence-corrected chi connectivity index (χ0v) is 15.8. The highest BCUT2D eigenvalue weighted by Gasteiger charge is 2.21. The van der Waals surface area contributed by atoms with E-state index < -0.39 is 0 Å². The summed E-state index contributed by atoms with van der Waals surface area (Å²) in [6.07, 6.45) is 5.78. The predicted molar refractivity (Wildman–Crippen MR) is 106 cm³/mol. The van der Waals surface area contributed by atoms with Crippen molar-refractivity contribution in [3.05, 3.63) is 47.1 Å². The van der Waals surface area contributed by atoms with Crippen molar-refractivity contribution in [1.29, 1.82) is 0 Å². The second kappa shape index (κ2) is 7.60. The number of carbonyl (C=O) groups excluding carboxylic acids is 1. The summed E-state index contributed by atoms with van der Waals surface area (Å²) in [6, 6.07) is 8.55. The first-order valence-electron chi connectivity index (χ1n) is 9.17. The first kappa shape index (κ1) is 17.2. The molecule has 3 heterocycles. The highest BCUT2D eigenvalue weighted by Crippen LogP contribution is 2.27. The number of anilines is 1. The number of aromatic amines is 1. The van der Waals surface area contributed by atoms with Crippen molar-refractivity contribution >= 4 is 33.3 Å². The molecule has 6 heteroatoms. The average molecular weight is 369 g/mol. The zero-order chi connectivity index (χ0) is 17.9. The van der Waals surface area contributed by atoms with E-state index >= 15 is 0 Å². The minimum atomic E-state index is -0.0657. The van der Waals surface area contributed by atoms with Gasteiger partial charge in [0.2, 0.25) is 5.91 Å². The number of likely N-dealkylation sites (tertiary alicyclic amines) is 1. The quantitative estimate of drug-likeness (QED) is 0.714. The summed E-state index contributed by atoms with van der Waals surface area (Å²) in [5.74, 6) is 0.680. The lowest BCUT2D eigenvalue weighted by molar-refractivity contribution is -0.114. The van der Waals surface area contributed by atoms with Gasteiger partial charge in [-0.3, -0.25) is 9.69 Å². The summed E-state index contributed by atoms with van der Waals surface area (Å²) in [5, 5.41) is 6.86. The Balaban J connectivity index is 1.30. The first-order valence-corrected chi connectivity index (χ1v) is 10.0. The second-order valence-electron chi connectivity index (χ2n) is 7.11. The van der Waals surface area contributed by atoms with Crippen molar-refractivity contribution in [2.45, 2.75) is 32.7 Å². The van der Waals surface area contributed by atoms with Crippen LogP contribution in [0.15, 0.2) is 35.8 Å². The Morgan fingerprint density at radius 2 is 2.15 bits per heavy atom. The standard InChI is InChI=1S/C20H24N4OS/c1-14(25)22-20-23-17(13-26-20)12-24-8-6-15(7-9-24)10-16-11-21-19-5-3-2-4-18(16)19/h2-5,11,13,15,21H,6-10,12H2,1H3,(H,22,23,25). The van der Waals surface area contributed by atoms with Crippen LogP contribution in [-0.4, -0.2) is 33.9 Å².